The molecule has 0 spiro atoms. The fourth-order valence-electron chi connectivity index (χ4n) is 1.69. The number of rotatable bonds is 5. The zero-order valence-corrected chi connectivity index (χ0v) is 12.4. The van der Waals surface area contributed by atoms with Gasteiger partial charge in [-0.1, -0.05) is 58.7 Å². The molecule has 0 aliphatic rings. The molecule has 3 nitrogen and oxygen atoms in total. The molecule has 0 saturated heterocycles. The normalized spacial score (nSPS) is 11.2. The highest BCUT2D eigenvalue weighted by atomic mass is 35.5. The summed E-state index contributed by atoms with van der Waals surface area (Å²) in [7, 11) is 1.45. The van der Waals surface area contributed by atoms with Gasteiger partial charge in [-0.05, 0) is 23.8 Å². The highest BCUT2D eigenvalue weighted by Gasteiger charge is 2.08. The number of hydrogen-bond acceptors (Lipinski definition) is 3. The van der Waals surface area contributed by atoms with Crippen LogP contribution in [0.5, 0.6) is 5.75 Å². The lowest BCUT2D eigenvalue weighted by Crippen LogP contribution is -2.03. The van der Waals surface area contributed by atoms with Crippen LogP contribution in [0.25, 0.3) is 0 Å². The van der Waals surface area contributed by atoms with Crippen LogP contribution in [0.3, 0.4) is 0 Å². The average Bonchev–Trinajstić information content (AvgIpc) is 2.46. The van der Waals surface area contributed by atoms with Gasteiger partial charge in [0, 0.05) is 10.6 Å². The van der Waals surface area contributed by atoms with E-state index in [1.807, 2.05) is 36.4 Å². The van der Waals surface area contributed by atoms with Crippen LogP contribution >= 0.6 is 23.2 Å². The molecule has 20 heavy (non-hydrogen) atoms. The molecule has 0 fully saturated rings. The Bertz CT molecular complexity index is 614. The van der Waals surface area contributed by atoms with E-state index in [9.17, 15) is 0 Å². The number of ether oxygens (including phenoxy) is 1. The Morgan fingerprint density at radius 2 is 1.95 bits per heavy atom. The molecule has 0 amide bonds. The second-order valence-electron chi connectivity index (χ2n) is 3.97. The van der Waals surface area contributed by atoms with Gasteiger partial charge in [0.1, 0.15) is 19.5 Å². The van der Waals surface area contributed by atoms with E-state index >= 15 is 0 Å². The van der Waals surface area contributed by atoms with Crippen molar-refractivity contribution in [3.8, 4) is 5.75 Å². The monoisotopic (exact) mass is 309 g/mol. The predicted octanol–water partition coefficient (Wildman–Crippen LogP) is 4.47. The lowest BCUT2D eigenvalue weighted by atomic mass is 10.1. The second-order valence-corrected chi connectivity index (χ2v) is 4.76. The summed E-state index contributed by atoms with van der Waals surface area (Å²) in [4.78, 5) is 4.69. The summed E-state index contributed by atoms with van der Waals surface area (Å²) in [5.41, 5.74) is 1.69. The lowest BCUT2D eigenvalue weighted by molar-refractivity contribution is 0.214. The van der Waals surface area contributed by atoms with Crippen molar-refractivity contribution < 1.29 is 9.57 Å². The Morgan fingerprint density at radius 3 is 2.70 bits per heavy atom. The Kier molecular flexibility index (Phi) is 5.27. The van der Waals surface area contributed by atoms with E-state index in [4.69, 9.17) is 27.9 Å². The van der Waals surface area contributed by atoms with Crippen LogP contribution in [0, 0.1) is 0 Å². The molecule has 2 rings (SSSR count). The van der Waals surface area contributed by atoms with Crippen molar-refractivity contribution in [2.45, 2.75) is 6.61 Å². The molecular formula is C15H13Cl2NO2. The van der Waals surface area contributed by atoms with Gasteiger partial charge in [-0.3, -0.25) is 0 Å². The van der Waals surface area contributed by atoms with Crippen LogP contribution in [0.4, 0.5) is 0 Å². The Hall–Kier alpha value is -1.71. The Balaban J connectivity index is 2.16. The molecule has 0 aromatic heterocycles. The summed E-state index contributed by atoms with van der Waals surface area (Å²) in [6.45, 7) is 0.367. The molecule has 0 saturated carbocycles. The van der Waals surface area contributed by atoms with Crippen molar-refractivity contribution in [3.63, 3.8) is 0 Å². The highest BCUT2D eigenvalue weighted by Crippen LogP contribution is 2.20. The van der Waals surface area contributed by atoms with Crippen LogP contribution in [0.1, 0.15) is 11.1 Å². The van der Waals surface area contributed by atoms with Gasteiger partial charge in [0.15, 0.2) is 5.17 Å². The largest absolute Gasteiger partial charge is 0.489 e. The summed E-state index contributed by atoms with van der Waals surface area (Å²) in [6, 6.07) is 14.8. The SMILES string of the molecule is CO/N=C(/Cl)c1ccccc1COc1cccc(Cl)c1. The van der Waals surface area contributed by atoms with Crippen LogP contribution in [-0.2, 0) is 11.4 Å². The number of nitrogens with zero attached hydrogens (tertiary/aromatic N) is 1. The predicted molar refractivity (Wildman–Crippen MR) is 81.6 cm³/mol. The van der Waals surface area contributed by atoms with Crippen LogP contribution in [0.15, 0.2) is 53.7 Å². The number of halogens is 2. The highest BCUT2D eigenvalue weighted by molar-refractivity contribution is 6.69. The smallest absolute Gasteiger partial charge is 0.175 e. The fraction of sp³-hybridized carbons (Fsp3) is 0.133. The molecule has 2 aromatic rings. The number of hydrogen-bond donors (Lipinski definition) is 0. The summed E-state index contributed by atoms with van der Waals surface area (Å²) in [5.74, 6) is 0.701. The first-order valence-electron chi connectivity index (χ1n) is 5.94. The van der Waals surface area contributed by atoms with E-state index in [-0.39, 0.29) is 5.17 Å². The summed E-state index contributed by atoms with van der Waals surface area (Å²) in [5, 5.41) is 4.65. The van der Waals surface area contributed by atoms with E-state index in [0.717, 1.165) is 11.1 Å². The fourth-order valence-corrected chi connectivity index (χ4v) is 2.13. The summed E-state index contributed by atoms with van der Waals surface area (Å²) >= 11 is 12.0. The molecule has 0 aliphatic carbocycles. The first-order chi connectivity index (χ1) is 9.70. The topological polar surface area (TPSA) is 30.8 Å². The van der Waals surface area contributed by atoms with Crippen molar-refractivity contribution in [2.75, 3.05) is 7.11 Å². The van der Waals surface area contributed by atoms with Crippen molar-refractivity contribution in [1.82, 2.24) is 0 Å². The molecular weight excluding hydrogens is 297 g/mol. The van der Waals surface area contributed by atoms with E-state index in [1.54, 1.807) is 12.1 Å². The molecule has 0 aliphatic heterocycles. The zero-order valence-electron chi connectivity index (χ0n) is 10.8. The van der Waals surface area contributed by atoms with E-state index in [2.05, 4.69) is 9.99 Å². The van der Waals surface area contributed by atoms with Crippen molar-refractivity contribution in [1.29, 1.82) is 0 Å². The van der Waals surface area contributed by atoms with Gasteiger partial charge in [-0.2, -0.15) is 0 Å². The summed E-state index contributed by atoms with van der Waals surface area (Å²) in [6.07, 6.45) is 0. The van der Waals surface area contributed by atoms with Gasteiger partial charge in [0.05, 0.1) is 0 Å². The van der Waals surface area contributed by atoms with E-state index in [1.165, 1.54) is 7.11 Å². The van der Waals surface area contributed by atoms with Crippen molar-refractivity contribution >= 4 is 28.4 Å². The first kappa shape index (κ1) is 14.7. The second kappa shape index (κ2) is 7.17. The van der Waals surface area contributed by atoms with Gasteiger partial charge in [0.25, 0.3) is 0 Å². The molecule has 0 N–H and O–H groups in total. The minimum atomic E-state index is 0.290. The molecule has 0 heterocycles. The first-order valence-corrected chi connectivity index (χ1v) is 6.69. The lowest BCUT2D eigenvalue weighted by Gasteiger charge is -2.10. The van der Waals surface area contributed by atoms with E-state index in [0.29, 0.717) is 17.4 Å². The van der Waals surface area contributed by atoms with Gasteiger partial charge in [-0.15, -0.1) is 0 Å². The number of oxime groups is 1. The molecule has 0 radical (unpaired) electrons. The third-order valence-corrected chi connectivity index (χ3v) is 3.11. The Labute approximate surface area is 127 Å². The quantitative estimate of drug-likeness (QED) is 0.603. The molecule has 2 aromatic carbocycles. The minimum Gasteiger partial charge on any atom is -0.489 e. The zero-order chi connectivity index (χ0) is 14.4. The molecule has 0 unspecified atom stereocenters. The molecule has 0 atom stereocenters. The van der Waals surface area contributed by atoms with Crippen molar-refractivity contribution in [2.24, 2.45) is 5.16 Å². The van der Waals surface area contributed by atoms with E-state index < -0.39 is 0 Å². The maximum atomic E-state index is 6.07. The average molecular weight is 310 g/mol. The summed E-state index contributed by atoms with van der Waals surface area (Å²) < 4.78 is 5.70. The van der Waals surface area contributed by atoms with Gasteiger partial charge >= 0.3 is 0 Å². The Morgan fingerprint density at radius 1 is 1.15 bits per heavy atom. The van der Waals surface area contributed by atoms with Gasteiger partial charge < -0.3 is 9.57 Å². The molecule has 104 valence electrons. The van der Waals surface area contributed by atoms with Gasteiger partial charge in [-0.25, -0.2) is 0 Å². The molecule has 0 bridgehead atoms. The van der Waals surface area contributed by atoms with Crippen LogP contribution in [0.2, 0.25) is 5.02 Å². The van der Waals surface area contributed by atoms with Gasteiger partial charge in [0.2, 0.25) is 0 Å². The minimum absolute atomic E-state index is 0.290. The standard InChI is InChI=1S/C15H13Cl2NO2/c1-19-18-15(17)14-8-3-2-5-11(14)10-20-13-7-4-6-12(16)9-13/h2-9H,10H2,1H3/b18-15+. The van der Waals surface area contributed by atoms with Crippen LogP contribution < -0.4 is 4.74 Å². The third-order valence-electron chi connectivity index (χ3n) is 2.60. The van der Waals surface area contributed by atoms with Crippen LogP contribution in [-0.4, -0.2) is 12.3 Å². The number of benzene rings is 2. The maximum absolute atomic E-state index is 6.07. The maximum Gasteiger partial charge on any atom is 0.175 e. The molecule has 5 heteroatoms. The van der Waals surface area contributed by atoms with Crippen molar-refractivity contribution in [3.05, 3.63) is 64.7 Å². The third kappa shape index (κ3) is 3.89.